The highest BCUT2D eigenvalue weighted by Crippen LogP contribution is 2.28. The summed E-state index contributed by atoms with van der Waals surface area (Å²) in [6, 6.07) is 4.66. The van der Waals surface area contributed by atoms with Crippen LogP contribution in [0.1, 0.15) is 25.8 Å². The number of nitrogens with two attached hydrogens (primary N) is 1. The number of aryl methyl sites for hydroxylation is 1. The van der Waals surface area contributed by atoms with Crippen LogP contribution in [0.3, 0.4) is 0 Å². The molecule has 0 saturated carbocycles. The van der Waals surface area contributed by atoms with Crippen LogP contribution in [0, 0.1) is 17.0 Å². The van der Waals surface area contributed by atoms with Crippen LogP contribution >= 0.6 is 0 Å². The van der Waals surface area contributed by atoms with E-state index in [1.807, 2.05) is 6.92 Å². The van der Waals surface area contributed by atoms with Crippen LogP contribution in [0.4, 0.5) is 5.69 Å². The number of amides is 1. The molecule has 7 heteroatoms. The molecule has 1 aromatic carbocycles. The third kappa shape index (κ3) is 4.42. The van der Waals surface area contributed by atoms with Gasteiger partial charge in [0.2, 0.25) is 5.91 Å². The van der Waals surface area contributed by atoms with Crippen LogP contribution < -0.4 is 15.8 Å². The first-order chi connectivity index (χ1) is 9.80. The lowest BCUT2D eigenvalue weighted by atomic mass is 10.0. The molecule has 7 nitrogen and oxygen atoms in total. The first kappa shape index (κ1) is 16.9. The van der Waals surface area contributed by atoms with E-state index in [0.717, 1.165) is 12.0 Å². The largest absolute Gasteiger partial charge is 0.484 e. The van der Waals surface area contributed by atoms with Gasteiger partial charge in [-0.05, 0) is 38.4 Å². The van der Waals surface area contributed by atoms with Crippen molar-refractivity contribution in [1.29, 1.82) is 0 Å². The van der Waals surface area contributed by atoms with Gasteiger partial charge in [0.05, 0.1) is 4.92 Å². The number of nitrogens with one attached hydrogen (secondary N) is 1. The maximum Gasteiger partial charge on any atom is 0.311 e. The summed E-state index contributed by atoms with van der Waals surface area (Å²) in [4.78, 5) is 22.1. The van der Waals surface area contributed by atoms with E-state index in [4.69, 9.17) is 10.5 Å². The number of ether oxygens (including phenoxy) is 1. The van der Waals surface area contributed by atoms with Crippen molar-refractivity contribution in [2.24, 2.45) is 5.73 Å². The smallest absolute Gasteiger partial charge is 0.311 e. The topological polar surface area (TPSA) is 107 Å². The second-order valence-electron chi connectivity index (χ2n) is 5.14. The lowest BCUT2D eigenvalue weighted by molar-refractivity contribution is -0.386. The molecule has 3 N–H and O–H groups in total. The van der Waals surface area contributed by atoms with Gasteiger partial charge in [-0.1, -0.05) is 13.0 Å². The van der Waals surface area contributed by atoms with Crippen LogP contribution in [0.2, 0.25) is 0 Å². The molecule has 21 heavy (non-hydrogen) atoms. The minimum atomic E-state index is -1.07. The summed E-state index contributed by atoms with van der Waals surface area (Å²) in [6.45, 7) is 5.85. The molecule has 0 saturated heterocycles. The molecule has 0 bridgehead atoms. The molecular weight excluding hydrogens is 274 g/mol. The molecule has 0 radical (unpaired) electrons. The van der Waals surface area contributed by atoms with Gasteiger partial charge in [-0.3, -0.25) is 14.9 Å². The second-order valence-corrected chi connectivity index (χ2v) is 5.14. The van der Waals surface area contributed by atoms with Gasteiger partial charge in [-0.2, -0.15) is 0 Å². The van der Waals surface area contributed by atoms with Crippen LogP contribution in [0.15, 0.2) is 18.2 Å². The van der Waals surface area contributed by atoms with Gasteiger partial charge >= 0.3 is 5.69 Å². The number of nitro benzene ring substituents is 1. The van der Waals surface area contributed by atoms with Gasteiger partial charge in [0.15, 0.2) is 5.75 Å². The molecule has 1 unspecified atom stereocenters. The summed E-state index contributed by atoms with van der Waals surface area (Å²) in [6.07, 6.45) is 0.827. The highest BCUT2D eigenvalue weighted by atomic mass is 16.6. The minimum absolute atomic E-state index is 0.0771. The molecule has 0 aliphatic heterocycles. The van der Waals surface area contributed by atoms with Crippen molar-refractivity contribution in [1.82, 2.24) is 5.32 Å². The van der Waals surface area contributed by atoms with E-state index in [0.29, 0.717) is 6.54 Å². The van der Waals surface area contributed by atoms with Crippen molar-refractivity contribution in [2.75, 3.05) is 13.2 Å². The van der Waals surface area contributed by atoms with E-state index in [1.54, 1.807) is 19.9 Å². The van der Waals surface area contributed by atoms with Gasteiger partial charge in [-0.25, -0.2) is 0 Å². The normalized spacial score (nSPS) is 13.5. The fourth-order valence-electron chi connectivity index (χ4n) is 1.72. The monoisotopic (exact) mass is 295 g/mol. The molecule has 116 valence electrons. The van der Waals surface area contributed by atoms with Crippen molar-refractivity contribution >= 4 is 11.6 Å². The number of hydrogen-bond donors (Lipinski definition) is 2. The van der Waals surface area contributed by atoms with Gasteiger partial charge in [0, 0.05) is 6.07 Å². The van der Waals surface area contributed by atoms with Gasteiger partial charge < -0.3 is 15.8 Å². The highest BCUT2D eigenvalue weighted by molar-refractivity contribution is 5.84. The van der Waals surface area contributed by atoms with Gasteiger partial charge in [0.25, 0.3) is 0 Å². The molecule has 1 atom stereocenters. The number of nitrogens with zero attached hydrogens (tertiary/aromatic N) is 1. The maximum absolute atomic E-state index is 11.6. The molecule has 0 aliphatic rings. The molecule has 0 aliphatic carbocycles. The molecule has 1 amide bonds. The predicted octanol–water partition coefficient (Wildman–Crippen LogP) is 1.53. The first-order valence-electron chi connectivity index (χ1n) is 6.73. The first-order valence-corrected chi connectivity index (χ1v) is 6.73. The summed E-state index contributed by atoms with van der Waals surface area (Å²) in [5, 5.41) is 14.0. The average molecular weight is 295 g/mol. The molecule has 1 rings (SSSR count). The Morgan fingerprint density at radius 3 is 2.71 bits per heavy atom. The Morgan fingerprint density at radius 2 is 2.19 bits per heavy atom. The fourth-order valence-corrected chi connectivity index (χ4v) is 1.72. The molecule has 0 heterocycles. The lowest BCUT2D eigenvalue weighted by Crippen LogP contribution is -2.57. The van der Waals surface area contributed by atoms with E-state index < -0.39 is 16.4 Å². The number of benzene rings is 1. The van der Waals surface area contributed by atoms with Gasteiger partial charge in [-0.15, -0.1) is 0 Å². The molecule has 0 aromatic heterocycles. The van der Waals surface area contributed by atoms with E-state index in [1.165, 1.54) is 12.1 Å². The lowest BCUT2D eigenvalue weighted by Gasteiger charge is -2.27. The Balaban J connectivity index is 2.90. The number of primary amides is 1. The molecule has 0 fully saturated rings. The molecule has 0 spiro atoms. The van der Waals surface area contributed by atoms with Crippen molar-refractivity contribution in [2.45, 2.75) is 32.7 Å². The molecule has 1 aromatic rings. The Labute approximate surface area is 123 Å². The third-order valence-corrected chi connectivity index (χ3v) is 3.14. The Kier molecular flexibility index (Phi) is 5.66. The zero-order valence-electron chi connectivity index (χ0n) is 12.5. The van der Waals surface area contributed by atoms with Gasteiger partial charge in [0.1, 0.15) is 12.1 Å². The molecular formula is C14H21N3O4. The zero-order valence-corrected chi connectivity index (χ0v) is 12.5. The quantitative estimate of drug-likeness (QED) is 0.558. The summed E-state index contributed by atoms with van der Waals surface area (Å²) in [7, 11) is 0. The third-order valence-electron chi connectivity index (χ3n) is 3.14. The van der Waals surface area contributed by atoms with E-state index in [-0.39, 0.29) is 18.0 Å². The van der Waals surface area contributed by atoms with Crippen molar-refractivity contribution in [3.05, 3.63) is 33.9 Å². The predicted molar refractivity (Wildman–Crippen MR) is 79.2 cm³/mol. The summed E-state index contributed by atoms with van der Waals surface area (Å²) in [5.41, 5.74) is 4.94. The highest BCUT2D eigenvalue weighted by Gasteiger charge is 2.32. The van der Waals surface area contributed by atoms with Crippen molar-refractivity contribution in [3.63, 3.8) is 0 Å². The number of hydrogen-bond acceptors (Lipinski definition) is 5. The van der Waals surface area contributed by atoms with E-state index in [2.05, 4.69) is 5.32 Å². The van der Waals surface area contributed by atoms with E-state index >= 15 is 0 Å². The Hall–Kier alpha value is -2.15. The Morgan fingerprint density at radius 1 is 1.52 bits per heavy atom. The summed E-state index contributed by atoms with van der Waals surface area (Å²) < 4.78 is 5.47. The minimum Gasteiger partial charge on any atom is -0.484 e. The standard InChI is InChI=1S/C14H21N3O4/c1-4-7-16-14(3,13(15)18)9-21-12-6-5-10(2)8-11(12)17(19)20/h5-6,8,16H,4,7,9H2,1-3H3,(H2,15,18). The van der Waals surface area contributed by atoms with Crippen LogP contribution in [0.25, 0.3) is 0 Å². The summed E-state index contributed by atoms with van der Waals surface area (Å²) >= 11 is 0. The maximum atomic E-state index is 11.6. The van der Waals surface area contributed by atoms with E-state index in [9.17, 15) is 14.9 Å². The number of carbonyl (C=O) groups is 1. The fraction of sp³-hybridized carbons (Fsp3) is 0.500. The average Bonchev–Trinajstić information content (AvgIpc) is 2.43. The number of rotatable bonds is 8. The second kappa shape index (κ2) is 7.03. The van der Waals surface area contributed by atoms with Crippen LogP contribution in [-0.2, 0) is 4.79 Å². The number of carbonyl (C=O) groups excluding carboxylic acids is 1. The number of nitro groups is 1. The SMILES string of the molecule is CCCNC(C)(COc1ccc(C)cc1[N+](=O)[O-])C(N)=O. The van der Waals surface area contributed by atoms with Crippen molar-refractivity contribution < 1.29 is 14.5 Å². The summed E-state index contributed by atoms with van der Waals surface area (Å²) in [5.74, 6) is -0.443. The zero-order chi connectivity index (χ0) is 16.0. The van der Waals surface area contributed by atoms with Crippen LogP contribution in [-0.4, -0.2) is 29.5 Å². The Bertz CT molecular complexity index is 533. The van der Waals surface area contributed by atoms with Crippen LogP contribution in [0.5, 0.6) is 5.75 Å². The van der Waals surface area contributed by atoms with Crippen molar-refractivity contribution in [3.8, 4) is 5.75 Å².